The van der Waals surface area contributed by atoms with Gasteiger partial charge in [0.1, 0.15) is 12.3 Å². The van der Waals surface area contributed by atoms with Crippen molar-refractivity contribution < 1.29 is 24.2 Å². The number of nitrogens with one attached hydrogen (secondary N) is 1. The molecule has 0 aliphatic carbocycles. The van der Waals surface area contributed by atoms with Gasteiger partial charge in [-0.1, -0.05) is 24.3 Å². The average molecular weight is 286 g/mol. The maximum atomic E-state index is 11.5. The summed E-state index contributed by atoms with van der Waals surface area (Å²) in [7, 11) is 1.31. The minimum atomic E-state index is -1.23. The Morgan fingerprint density at radius 1 is 1.53 bits per heavy atom. The third kappa shape index (κ3) is 3.62. The van der Waals surface area contributed by atoms with E-state index in [1.807, 2.05) is 0 Å². The molecule has 19 heavy (non-hydrogen) atoms. The summed E-state index contributed by atoms with van der Waals surface area (Å²) in [4.78, 5) is 22.5. The molecule has 1 aromatic rings. The number of carboxylic acid groups (broad SMARTS) is 1. The fraction of sp³-hybridized carbons (Fsp3) is 0.167. The summed E-state index contributed by atoms with van der Waals surface area (Å²) < 4.78 is 9.70. The monoisotopic (exact) mass is 285 g/mol. The first kappa shape index (κ1) is 14.8. The number of anilines is 1. The van der Waals surface area contributed by atoms with Crippen LogP contribution in [-0.4, -0.2) is 30.9 Å². The van der Waals surface area contributed by atoms with Gasteiger partial charge in [-0.2, -0.15) is 0 Å². The Labute approximate surface area is 114 Å². The molecule has 1 amide bonds. The number of hydrogen-bond acceptors (Lipinski definition) is 4. The molecule has 0 bridgehead atoms. The molecule has 1 rings (SSSR count). The quantitative estimate of drug-likeness (QED) is 0.813. The first-order valence-corrected chi connectivity index (χ1v) is 5.53. The van der Waals surface area contributed by atoms with E-state index in [9.17, 15) is 9.59 Å². The van der Waals surface area contributed by atoms with Crippen molar-refractivity contribution in [3.05, 3.63) is 35.4 Å². The van der Waals surface area contributed by atoms with E-state index in [0.717, 1.165) is 0 Å². The zero-order valence-corrected chi connectivity index (χ0v) is 10.9. The van der Waals surface area contributed by atoms with Gasteiger partial charge in [0, 0.05) is 0 Å². The van der Waals surface area contributed by atoms with E-state index in [2.05, 4.69) is 11.9 Å². The van der Waals surface area contributed by atoms with E-state index in [1.54, 1.807) is 0 Å². The summed E-state index contributed by atoms with van der Waals surface area (Å²) in [6.45, 7) is 3.39. The maximum absolute atomic E-state index is 11.5. The number of benzene rings is 1. The van der Waals surface area contributed by atoms with Crippen LogP contribution in [0.15, 0.2) is 24.8 Å². The normalized spacial score (nSPS) is 9.58. The topological polar surface area (TPSA) is 84.9 Å². The molecule has 0 atom stereocenters. The van der Waals surface area contributed by atoms with Crippen molar-refractivity contribution in [2.75, 3.05) is 19.0 Å². The maximum Gasteiger partial charge on any atom is 0.412 e. The number of amides is 1. The molecule has 2 N–H and O–H groups in total. The molecule has 0 aliphatic heterocycles. The molecule has 1 aromatic carbocycles. The van der Waals surface area contributed by atoms with Crippen molar-refractivity contribution in [3.8, 4) is 5.75 Å². The minimum Gasteiger partial charge on any atom is -0.493 e. The summed E-state index contributed by atoms with van der Waals surface area (Å²) >= 11 is 5.87. The number of aromatic carboxylic acids is 1. The van der Waals surface area contributed by atoms with Gasteiger partial charge in [-0.15, -0.1) is 0 Å². The Morgan fingerprint density at radius 3 is 2.74 bits per heavy atom. The smallest absolute Gasteiger partial charge is 0.412 e. The minimum absolute atomic E-state index is 0.00286. The molecule has 7 heteroatoms. The zero-order valence-electron chi connectivity index (χ0n) is 10.1. The SMILES string of the molecule is C=CCOC(=O)Nc1c(C(=O)O)ccc(Cl)c1OC. The van der Waals surface area contributed by atoms with Crippen LogP contribution < -0.4 is 10.1 Å². The van der Waals surface area contributed by atoms with Crippen molar-refractivity contribution in [1.82, 2.24) is 0 Å². The molecular weight excluding hydrogens is 274 g/mol. The van der Waals surface area contributed by atoms with Gasteiger partial charge in [-0.25, -0.2) is 9.59 Å². The number of carboxylic acids is 1. The first-order valence-electron chi connectivity index (χ1n) is 5.15. The van der Waals surface area contributed by atoms with Gasteiger partial charge >= 0.3 is 12.1 Å². The van der Waals surface area contributed by atoms with Gasteiger partial charge in [0.05, 0.1) is 17.7 Å². The van der Waals surface area contributed by atoms with Crippen LogP contribution in [0.4, 0.5) is 10.5 Å². The Morgan fingerprint density at radius 2 is 2.21 bits per heavy atom. The molecule has 0 fully saturated rings. The Kier molecular flexibility index (Phi) is 5.20. The molecule has 0 unspecified atom stereocenters. The molecule has 102 valence electrons. The van der Waals surface area contributed by atoms with Gasteiger partial charge in [0.25, 0.3) is 0 Å². The molecule has 0 saturated heterocycles. The molecule has 0 heterocycles. The molecular formula is C12H12ClNO5. The highest BCUT2D eigenvalue weighted by Crippen LogP contribution is 2.36. The molecule has 0 spiro atoms. The van der Waals surface area contributed by atoms with Crippen LogP contribution in [0.1, 0.15) is 10.4 Å². The van der Waals surface area contributed by atoms with Gasteiger partial charge in [0.2, 0.25) is 0 Å². The van der Waals surface area contributed by atoms with E-state index in [0.29, 0.717) is 0 Å². The van der Waals surface area contributed by atoms with Crippen LogP contribution in [0.2, 0.25) is 5.02 Å². The third-order valence-corrected chi connectivity index (χ3v) is 2.40. The van der Waals surface area contributed by atoms with Crippen LogP contribution in [-0.2, 0) is 4.74 Å². The summed E-state index contributed by atoms with van der Waals surface area (Å²) in [5.41, 5.74) is -0.214. The van der Waals surface area contributed by atoms with Gasteiger partial charge in [-0.05, 0) is 12.1 Å². The lowest BCUT2D eigenvalue weighted by atomic mass is 10.1. The Bertz CT molecular complexity index is 515. The van der Waals surface area contributed by atoms with Crippen LogP contribution >= 0.6 is 11.6 Å². The average Bonchev–Trinajstić information content (AvgIpc) is 2.36. The van der Waals surface area contributed by atoms with Crippen molar-refractivity contribution >= 4 is 29.4 Å². The summed E-state index contributed by atoms with van der Waals surface area (Å²) in [6, 6.07) is 2.63. The standard InChI is InChI=1S/C12H12ClNO5/c1-3-6-19-12(17)14-9-7(11(15)16)4-5-8(13)10(9)18-2/h3-5H,1,6H2,2H3,(H,14,17)(H,15,16). The second kappa shape index (κ2) is 6.65. The van der Waals surface area contributed by atoms with Crippen molar-refractivity contribution in [2.24, 2.45) is 0 Å². The van der Waals surface area contributed by atoms with E-state index < -0.39 is 12.1 Å². The first-order chi connectivity index (χ1) is 9.01. The lowest BCUT2D eigenvalue weighted by Gasteiger charge is -2.13. The molecule has 0 saturated carbocycles. The Hall–Kier alpha value is -2.21. The lowest BCUT2D eigenvalue weighted by Crippen LogP contribution is -2.17. The van der Waals surface area contributed by atoms with E-state index >= 15 is 0 Å². The number of ether oxygens (including phenoxy) is 2. The molecule has 6 nitrogen and oxygen atoms in total. The fourth-order valence-electron chi connectivity index (χ4n) is 1.33. The van der Waals surface area contributed by atoms with E-state index in [1.165, 1.54) is 25.3 Å². The highest BCUT2D eigenvalue weighted by molar-refractivity contribution is 6.33. The number of rotatable bonds is 5. The number of carbonyl (C=O) groups is 2. The molecule has 0 radical (unpaired) electrons. The van der Waals surface area contributed by atoms with Gasteiger partial charge in [-0.3, -0.25) is 5.32 Å². The highest BCUT2D eigenvalue weighted by atomic mass is 35.5. The predicted molar refractivity (Wildman–Crippen MR) is 70.1 cm³/mol. The van der Waals surface area contributed by atoms with Crippen LogP contribution in [0.3, 0.4) is 0 Å². The van der Waals surface area contributed by atoms with E-state index in [4.69, 9.17) is 26.2 Å². The summed E-state index contributed by atoms with van der Waals surface area (Å²) in [5.74, 6) is -1.17. The number of halogens is 1. The van der Waals surface area contributed by atoms with Crippen LogP contribution in [0.5, 0.6) is 5.75 Å². The zero-order chi connectivity index (χ0) is 14.4. The lowest BCUT2D eigenvalue weighted by molar-refractivity contribution is 0.0697. The predicted octanol–water partition coefficient (Wildman–Crippen LogP) is 2.78. The fourth-order valence-corrected chi connectivity index (χ4v) is 1.57. The van der Waals surface area contributed by atoms with Crippen molar-refractivity contribution in [3.63, 3.8) is 0 Å². The largest absolute Gasteiger partial charge is 0.493 e. The second-order valence-electron chi connectivity index (χ2n) is 3.32. The summed E-state index contributed by atoms with van der Waals surface area (Å²) in [6.07, 6.45) is 0.551. The van der Waals surface area contributed by atoms with E-state index in [-0.39, 0.29) is 28.6 Å². The Balaban J connectivity index is 3.14. The van der Waals surface area contributed by atoms with Gasteiger partial charge < -0.3 is 14.6 Å². The third-order valence-electron chi connectivity index (χ3n) is 2.10. The van der Waals surface area contributed by atoms with Crippen LogP contribution in [0, 0.1) is 0 Å². The number of hydrogen-bond donors (Lipinski definition) is 2. The number of methoxy groups -OCH3 is 1. The molecule has 0 aliphatic rings. The highest BCUT2D eigenvalue weighted by Gasteiger charge is 2.20. The number of carbonyl (C=O) groups excluding carboxylic acids is 1. The molecule has 0 aromatic heterocycles. The summed E-state index contributed by atoms with van der Waals surface area (Å²) in [5, 5.41) is 11.5. The van der Waals surface area contributed by atoms with Crippen molar-refractivity contribution in [1.29, 1.82) is 0 Å². The van der Waals surface area contributed by atoms with Crippen LogP contribution in [0.25, 0.3) is 0 Å². The second-order valence-corrected chi connectivity index (χ2v) is 3.73. The van der Waals surface area contributed by atoms with Gasteiger partial charge in [0.15, 0.2) is 5.75 Å². The van der Waals surface area contributed by atoms with Crippen molar-refractivity contribution in [2.45, 2.75) is 0 Å².